The van der Waals surface area contributed by atoms with Gasteiger partial charge in [-0.15, -0.1) is 0 Å². The molecule has 0 saturated heterocycles. The molecule has 13 heavy (non-hydrogen) atoms. The van der Waals surface area contributed by atoms with E-state index < -0.39 is 18.2 Å². The van der Waals surface area contributed by atoms with Crippen molar-refractivity contribution in [1.82, 2.24) is 0 Å². The molecule has 0 rings (SSSR count). The van der Waals surface area contributed by atoms with Crippen LogP contribution in [0.2, 0.25) is 0 Å². The second-order valence-electron chi connectivity index (χ2n) is 3.93. The largest absolute Gasteiger partial charge is 0.437 e. The molecule has 0 aromatic heterocycles. The zero-order valence-electron chi connectivity index (χ0n) is 8.11. The van der Waals surface area contributed by atoms with Gasteiger partial charge in [0, 0.05) is 0 Å². The quantitative estimate of drug-likeness (QED) is 0.610. The second kappa shape index (κ2) is 4.23. The first-order chi connectivity index (χ1) is 5.79. The Morgan fingerprint density at radius 3 is 2.15 bits per heavy atom. The van der Waals surface area contributed by atoms with Crippen LogP contribution in [0.25, 0.3) is 0 Å². The smallest absolute Gasteiger partial charge is 0.405 e. The fraction of sp³-hybridized carbons (Fsp3) is 0.750. The summed E-state index contributed by atoms with van der Waals surface area (Å²) in [6.07, 6.45) is -1.48. The highest BCUT2D eigenvalue weighted by atomic mass is 16.6. The van der Waals surface area contributed by atoms with E-state index in [0.29, 0.717) is 6.29 Å². The van der Waals surface area contributed by atoms with Gasteiger partial charge >= 0.3 is 6.09 Å². The van der Waals surface area contributed by atoms with E-state index in [2.05, 4.69) is 4.74 Å². The number of carbonyl (C=O) groups excluding carboxylic acids is 2. The molecule has 5 heteroatoms. The van der Waals surface area contributed by atoms with Crippen LogP contribution in [0.5, 0.6) is 0 Å². The summed E-state index contributed by atoms with van der Waals surface area (Å²) in [5.74, 6) is 0. The molecule has 76 valence electrons. The third kappa shape index (κ3) is 3.89. The van der Waals surface area contributed by atoms with E-state index in [-0.39, 0.29) is 5.41 Å². The number of nitrogens with two attached hydrogens (primary N) is 2. The topological polar surface area (TPSA) is 95.4 Å². The van der Waals surface area contributed by atoms with Gasteiger partial charge in [-0.3, -0.25) is 4.79 Å². The summed E-state index contributed by atoms with van der Waals surface area (Å²) in [6, 6.07) is -0.558. The fourth-order valence-corrected chi connectivity index (χ4v) is 0.813. The summed E-state index contributed by atoms with van der Waals surface area (Å²) < 4.78 is 4.53. The number of ether oxygens (including phenoxy) is 1. The molecule has 0 saturated carbocycles. The number of hydrogen-bond donors (Lipinski definition) is 2. The van der Waals surface area contributed by atoms with E-state index in [1.54, 1.807) is 0 Å². The number of amides is 1. The van der Waals surface area contributed by atoms with Gasteiger partial charge in [-0.1, -0.05) is 20.8 Å². The predicted octanol–water partition coefficient (Wildman–Crippen LogP) is 0.0226. The molecule has 0 aliphatic rings. The van der Waals surface area contributed by atoms with Crippen LogP contribution in [0.4, 0.5) is 4.79 Å². The highest BCUT2D eigenvalue weighted by Gasteiger charge is 2.30. The molecular formula is C8H16N2O3. The van der Waals surface area contributed by atoms with Crippen molar-refractivity contribution in [2.24, 2.45) is 16.9 Å². The molecule has 0 aliphatic heterocycles. The molecule has 0 radical (unpaired) electrons. The molecule has 0 spiro atoms. The van der Waals surface area contributed by atoms with Crippen LogP contribution < -0.4 is 11.5 Å². The minimum Gasteiger partial charge on any atom is -0.437 e. The van der Waals surface area contributed by atoms with Crippen LogP contribution in [0.3, 0.4) is 0 Å². The lowest BCUT2D eigenvalue weighted by Crippen LogP contribution is -2.48. The number of primary amides is 1. The summed E-state index contributed by atoms with van der Waals surface area (Å²) in [5, 5.41) is 0. The highest BCUT2D eigenvalue weighted by Crippen LogP contribution is 2.20. The maximum Gasteiger partial charge on any atom is 0.405 e. The van der Waals surface area contributed by atoms with Crippen molar-refractivity contribution in [3.63, 3.8) is 0 Å². The summed E-state index contributed by atoms with van der Waals surface area (Å²) >= 11 is 0. The summed E-state index contributed by atoms with van der Waals surface area (Å²) in [7, 11) is 0. The third-order valence-corrected chi connectivity index (χ3v) is 1.74. The summed E-state index contributed by atoms with van der Waals surface area (Å²) in [4.78, 5) is 20.9. The number of rotatable bonds is 3. The second-order valence-corrected chi connectivity index (χ2v) is 3.93. The van der Waals surface area contributed by atoms with E-state index in [4.69, 9.17) is 11.5 Å². The number of hydrogen-bond acceptors (Lipinski definition) is 4. The van der Waals surface area contributed by atoms with Crippen molar-refractivity contribution < 1.29 is 14.3 Å². The minimum atomic E-state index is -0.989. The first-order valence-corrected chi connectivity index (χ1v) is 3.96. The minimum absolute atomic E-state index is 0.318. The first-order valence-electron chi connectivity index (χ1n) is 3.96. The van der Waals surface area contributed by atoms with Crippen LogP contribution in [0.15, 0.2) is 0 Å². The van der Waals surface area contributed by atoms with E-state index >= 15 is 0 Å². The molecule has 4 N–H and O–H groups in total. The molecule has 2 unspecified atom stereocenters. The van der Waals surface area contributed by atoms with Gasteiger partial charge in [-0.2, -0.15) is 0 Å². The Labute approximate surface area is 77.4 Å². The maximum absolute atomic E-state index is 10.5. The van der Waals surface area contributed by atoms with E-state index in [1.165, 1.54) is 0 Å². The Morgan fingerprint density at radius 1 is 1.46 bits per heavy atom. The molecule has 0 bridgehead atoms. The van der Waals surface area contributed by atoms with Crippen molar-refractivity contribution in [1.29, 1.82) is 0 Å². The monoisotopic (exact) mass is 188 g/mol. The molecule has 0 fully saturated rings. The van der Waals surface area contributed by atoms with Gasteiger partial charge in [0.1, 0.15) is 0 Å². The average Bonchev–Trinajstić information content (AvgIpc) is 1.96. The van der Waals surface area contributed by atoms with Crippen LogP contribution in [0, 0.1) is 5.41 Å². The van der Waals surface area contributed by atoms with Gasteiger partial charge in [0.2, 0.25) is 0 Å². The molecule has 1 amide bonds. The van der Waals surface area contributed by atoms with E-state index in [9.17, 15) is 9.59 Å². The van der Waals surface area contributed by atoms with E-state index in [1.807, 2.05) is 20.8 Å². The van der Waals surface area contributed by atoms with Crippen molar-refractivity contribution in [3.05, 3.63) is 0 Å². The fourth-order valence-electron chi connectivity index (χ4n) is 0.813. The van der Waals surface area contributed by atoms with Crippen molar-refractivity contribution in [2.45, 2.75) is 32.9 Å². The van der Waals surface area contributed by atoms with Crippen molar-refractivity contribution in [2.75, 3.05) is 0 Å². The van der Waals surface area contributed by atoms with Crippen molar-refractivity contribution in [3.8, 4) is 0 Å². The Morgan fingerprint density at radius 2 is 1.92 bits per heavy atom. The molecular weight excluding hydrogens is 172 g/mol. The Kier molecular flexibility index (Phi) is 3.87. The zero-order chi connectivity index (χ0) is 10.6. The van der Waals surface area contributed by atoms with Gasteiger partial charge in [-0.25, -0.2) is 4.79 Å². The third-order valence-electron chi connectivity index (χ3n) is 1.74. The van der Waals surface area contributed by atoms with Crippen LogP contribution >= 0.6 is 0 Å². The molecule has 5 nitrogen and oxygen atoms in total. The molecule has 0 aromatic carbocycles. The highest BCUT2D eigenvalue weighted by molar-refractivity contribution is 5.69. The van der Waals surface area contributed by atoms with Gasteiger partial charge in [0.25, 0.3) is 0 Å². The van der Waals surface area contributed by atoms with Crippen LogP contribution in [-0.2, 0) is 9.53 Å². The maximum atomic E-state index is 10.5. The predicted molar refractivity (Wildman–Crippen MR) is 48.0 cm³/mol. The Balaban J connectivity index is 4.40. The van der Waals surface area contributed by atoms with E-state index in [0.717, 1.165) is 0 Å². The molecule has 2 atom stereocenters. The van der Waals surface area contributed by atoms with Gasteiger partial charge < -0.3 is 16.2 Å². The lowest BCUT2D eigenvalue weighted by molar-refractivity contribution is -0.117. The SMILES string of the molecule is CC(C)(C)C(N)C(C=O)OC(N)=O. The first kappa shape index (κ1) is 11.9. The Hall–Kier alpha value is -1.10. The van der Waals surface area contributed by atoms with Gasteiger partial charge in [0.05, 0.1) is 6.04 Å². The van der Waals surface area contributed by atoms with Crippen LogP contribution in [0.1, 0.15) is 20.8 Å². The van der Waals surface area contributed by atoms with Crippen molar-refractivity contribution >= 4 is 12.4 Å². The molecule has 0 aromatic rings. The normalized spacial score (nSPS) is 16.0. The zero-order valence-corrected chi connectivity index (χ0v) is 8.11. The molecule has 0 aliphatic carbocycles. The number of aldehydes is 1. The summed E-state index contributed by atoms with van der Waals surface area (Å²) in [5.41, 5.74) is 10.1. The van der Waals surface area contributed by atoms with Gasteiger partial charge in [-0.05, 0) is 5.41 Å². The lowest BCUT2D eigenvalue weighted by Gasteiger charge is -2.30. The van der Waals surface area contributed by atoms with Gasteiger partial charge in [0.15, 0.2) is 12.4 Å². The average molecular weight is 188 g/mol. The van der Waals surface area contributed by atoms with Crippen LogP contribution in [-0.4, -0.2) is 24.5 Å². The number of carbonyl (C=O) groups is 2. The Bertz CT molecular complexity index is 198. The standard InChI is InChI=1S/C8H16N2O3/c1-8(2,3)6(9)5(4-11)13-7(10)12/h4-6H,9H2,1-3H3,(H2,10,12). The lowest BCUT2D eigenvalue weighted by atomic mass is 9.84. The summed E-state index contributed by atoms with van der Waals surface area (Å²) in [6.45, 7) is 5.54. The molecule has 0 heterocycles.